The van der Waals surface area contributed by atoms with E-state index in [-0.39, 0.29) is 5.70 Å². The van der Waals surface area contributed by atoms with E-state index >= 15 is 0 Å². The molecule has 0 radical (unpaired) electrons. The summed E-state index contributed by atoms with van der Waals surface area (Å²) in [4.78, 5) is 23.5. The number of methoxy groups -OCH3 is 2. The van der Waals surface area contributed by atoms with E-state index in [1.165, 1.54) is 20.3 Å². The Balaban J connectivity index is 2.40. The van der Waals surface area contributed by atoms with E-state index < -0.39 is 30.3 Å². The van der Waals surface area contributed by atoms with Gasteiger partial charge in [-0.2, -0.15) is 5.26 Å². The van der Waals surface area contributed by atoms with Crippen molar-refractivity contribution in [2.24, 2.45) is 0 Å². The number of carbonyl (C=O) groups is 2. The maximum atomic E-state index is 12.0. The van der Waals surface area contributed by atoms with Crippen molar-refractivity contribution in [1.82, 2.24) is 0 Å². The average Bonchev–Trinajstić information content (AvgIpc) is 2.87. The predicted octanol–water partition coefficient (Wildman–Crippen LogP) is 1.50. The molecule has 9 heteroatoms. The second kappa shape index (κ2) is 8.04. The zero-order valence-corrected chi connectivity index (χ0v) is 16.8. The molecule has 0 saturated carbocycles. The van der Waals surface area contributed by atoms with Gasteiger partial charge < -0.3 is 24.1 Å². The number of hydrogen-bond donors (Lipinski definition) is 1. The number of hydrogen-bond acceptors (Lipinski definition) is 8. The Morgan fingerprint density at radius 2 is 1.71 bits per heavy atom. The van der Waals surface area contributed by atoms with Gasteiger partial charge in [-0.25, -0.2) is 9.59 Å². The SMILES string of the molecule is COC(=O)/C=C(/Nc1cc(C#N)cc(B2OC(C)(C)C(C)(C)O2)c1)C(=O)OC. The molecule has 0 bridgehead atoms. The van der Waals surface area contributed by atoms with Crippen LogP contribution in [0.5, 0.6) is 0 Å². The molecule has 0 spiro atoms. The highest BCUT2D eigenvalue weighted by molar-refractivity contribution is 6.62. The van der Waals surface area contributed by atoms with Crippen molar-refractivity contribution in [2.45, 2.75) is 38.9 Å². The van der Waals surface area contributed by atoms with Gasteiger partial charge in [-0.1, -0.05) is 0 Å². The maximum absolute atomic E-state index is 12.0. The summed E-state index contributed by atoms with van der Waals surface area (Å²) in [5.41, 5.74) is 0.0965. The molecule has 1 fully saturated rings. The van der Waals surface area contributed by atoms with Gasteiger partial charge in [-0.15, -0.1) is 0 Å². The number of benzene rings is 1. The molecule has 0 unspecified atom stereocenters. The van der Waals surface area contributed by atoms with E-state index in [2.05, 4.69) is 20.9 Å². The Morgan fingerprint density at radius 3 is 2.21 bits per heavy atom. The van der Waals surface area contributed by atoms with Crippen molar-refractivity contribution < 1.29 is 28.4 Å². The minimum atomic E-state index is -0.759. The van der Waals surface area contributed by atoms with Crippen LogP contribution in [0.3, 0.4) is 0 Å². The van der Waals surface area contributed by atoms with Crippen molar-refractivity contribution >= 4 is 30.2 Å². The topological polar surface area (TPSA) is 107 Å². The summed E-state index contributed by atoms with van der Waals surface area (Å²) in [6.45, 7) is 7.70. The molecule has 1 saturated heterocycles. The van der Waals surface area contributed by atoms with Gasteiger partial charge in [-0.3, -0.25) is 0 Å². The number of nitrogens with zero attached hydrogens (tertiary/aromatic N) is 1. The van der Waals surface area contributed by atoms with Gasteiger partial charge >= 0.3 is 19.1 Å². The number of anilines is 1. The summed E-state index contributed by atoms with van der Waals surface area (Å²) in [5.74, 6) is -1.49. The first-order valence-electron chi connectivity index (χ1n) is 8.58. The molecule has 1 aromatic carbocycles. The number of nitriles is 1. The Bertz CT molecular complexity index is 840. The number of nitrogens with one attached hydrogen (secondary N) is 1. The van der Waals surface area contributed by atoms with Crippen molar-refractivity contribution in [3.63, 3.8) is 0 Å². The zero-order chi connectivity index (χ0) is 21.1. The lowest BCUT2D eigenvalue weighted by atomic mass is 9.78. The van der Waals surface area contributed by atoms with Crippen LogP contribution in [0.25, 0.3) is 0 Å². The van der Waals surface area contributed by atoms with Crippen LogP contribution in [0.4, 0.5) is 5.69 Å². The summed E-state index contributed by atoms with van der Waals surface area (Å²) in [7, 11) is 1.70. The third kappa shape index (κ3) is 4.53. The third-order valence-electron chi connectivity index (χ3n) is 4.76. The molecule has 8 nitrogen and oxygen atoms in total. The first-order chi connectivity index (χ1) is 13.0. The largest absolute Gasteiger partial charge is 0.494 e. The highest BCUT2D eigenvalue weighted by atomic mass is 16.7. The van der Waals surface area contributed by atoms with Crippen LogP contribution >= 0.6 is 0 Å². The molecule has 28 heavy (non-hydrogen) atoms. The van der Waals surface area contributed by atoms with Gasteiger partial charge in [0.2, 0.25) is 0 Å². The monoisotopic (exact) mass is 386 g/mol. The summed E-state index contributed by atoms with van der Waals surface area (Å²) < 4.78 is 21.3. The fourth-order valence-corrected chi connectivity index (χ4v) is 2.49. The van der Waals surface area contributed by atoms with Gasteiger partial charge in [0.25, 0.3) is 0 Å². The highest BCUT2D eigenvalue weighted by Gasteiger charge is 2.51. The average molecular weight is 386 g/mol. The first kappa shape index (κ1) is 21.5. The maximum Gasteiger partial charge on any atom is 0.494 e. The third-order valence-corrected chi connectivity index (χ3v) is 4.76. The second-order valence-electron chi connectivity index (χ2n) is 7.24. The Kier molecular flexibility index (Phi) is 6.17. The Morgan fingerprint density at radius 1 is 1.11 bits per heavy atom. The van der Waals surface area contributed by atoms with E-state index in [1.807, 2.05) is 27.7 Å². The van der Waals surface area contributed by atoms with Crippen LogP contribution in [0, 0.1) is 11.3 Å². The molecular formula is C19H23BN2O6. The van der Waals surface area contributed by atoms with Crippen LogP contribution in [0.15, 0.2) is 30.0 Å². The van der Waals surface area contributed by atoms with Gasteiger partial charge in [0.1, 0.15) is 5.70 Å². The number of carbonyl (C=O) groups excluding carboxylic acids is 2. The van der Waals surface area contributed by atoms with Crippen molar-refractivity contribution in [3.05, 3.63) is 35.5 Å². The van der Waals surface area contributed by atoms with Crippen molar-refractivity contribution in [2.75, 3.05) is 19.5 Å². The minimum Gasteiger partial charge on any atom is -0.466 e. The number of ether oxygens (including phenoxy) is 2. The lowest BCUT2D eigenvalue weighted by Crippen LogP contribution is -2.41. The van der Waals surface area contributed by atoms with Crippen molar-refractivity contribution in [3.8, 4) is 6.07 Å². The summed E-state index contributed by atoms with van der Waals surface area (Å²) in [6, 6.07) is 6.92. The van der Waals surface area contributed by atoms with Crippen molar-refractivity contribution in [1.29, 1.82) is 5.26 Å². The quantitative estimate of drug-likeness (QED) is 0.461. The standard InChI is InChI=1S/C19H23BN2O6/c1-18(2)19(3,4)28-20(27-18)13-7-12(11-21)8-14(9-13)22-15(17(24)26-6)10-16(23)25-5/h7-10,22H,1-6H3/b15-10+. The van der Waals surface area contributed by atoms with Crippen LogP contribution < -0.4 is 10.8 Å². The summed E-state index contributed by atoms with van der Waals surface area (Å²) in [6.07, 6.45) is 0.972. The Hall–Kier alpha value is -2.83. The molecule has 0 atom stereocenters. The van der Waals surface area contributed by atoms with Gasteiger partial charge in [-0.05, 0) is 51.4 Å². The first-order valence-corrected chi connectivity index (χ1v) is 8.58. The molecule has 1 aromatic rings. The normalized spacial score (nSPS) is 17.6. The van der Waals surface area contributed by atoms with Crippen LogP contribution in [-0.4, -0.2) is 44.5 Å². The number of esters is 2. The predicted molar refractivity (Wildman–Crippen MR) is 103 cm³/mol. The molecule has 1 aliphatic rings. The van der Waals surface area contributed by atoms with Gasteiger partial charge in [0, 0.05) is 5.69 Å². The molecule has 0 aromatic heterocycles. The van der Waals surface area contributed by atoms with Crippen LogP contribution in [0.1, 0.15) is 33.3 Å². The summed E-state index contributed by atoms with van der Waals surface area (Å²) in [5, 5.41) is 12.2. The molecule has 1 N–H and O–H groups in total. The lowest BCUT2D eigenvalue weighted by Gasteiger charge is -2.32. The molecule has 1 aliphatic heterocycles. The summed E-state index contributed by atoms with van der Waals surface area (Å²) >= 11 is 0. The molecular weight excluding hydrogens is 363 g/mol. The molecule has 1 heterocycles. The van der Waals surface area contributed by atoms with Crippen LogP contribution in [-0.2, 0) is 28.4 Å². The molecule has 148 valence electrons. The molecule has 0 amide bonds. The number of rotatable bonds is 5. The highest BCUT2D eigenvalue weighted by Crippen LogP contribution is 2.36. The van der Waals surface area contributed by atoms with E-state index in [0.29, 0.717) is 16.7 Å². The Labute approximate surface area is 164 Å². The zero-order valence-electron chi connectivity index (χ0n) is 16.8. The van der Waals surface area contributed by atoms with E-state index in [0.717, 1.165) is 6.08 Å². The molecule has 0 aliphatic carbocycles. The van der Waals surface area contributed by atoms with E-state index in [4.69, 9.17) is 9.31 Å². The fourth-order valence-electron chi connectivity index (χ4n) is 2.49. The fraction of sp³-hybridized carbons (Fsp3) is 0.421. The smallest absolute Gasteiger partial charge is 0.466 e. The van der Waals surface area contributed by atoms with E-state index in [9.17, 15) is 14.9 Å². The van der Waals surface area contributed by atoms with Crippen LogP contribution in [0.2, 0.25) is 0 Å². The van der Waals surface area contributed by atoms with Gasteiger partial charge in [0.15, 0.2) is 0 Å². The second-order valence-corrected chi connectivity index (χ2v) is 7.24. The van der Waals surface area contributed by atoms with Gasteiger partial charge in [0.05, 0.1) is 43.1 Å². The van der Waals surface area contributed by atoms with E-state index in [1.54, 1.807) is 12.1 Å². The molecule has 2 rings (SSSR count). The lowest BCUT2D eigenvalue weighted by molar-refractivity contribution is -0.138. The minimum absolute atomic E-state index is 0.135.